The maximum absolute atomic E-state index is 13.2. The van der Waals surface area contributed by atoms with Gasteiger partial charge in [0.1, 0.15) is 17.4 Å². The summed E-state index contributed by atoms with van der Waals surface area (Å²) in [6, 6.07) is 11.4. The number of amides is 1. The van der Waals surface area contributed by atoms with Crippen LogP contribution in [0.5, 0.6) is 5.75 Å². The van der Waals surface area contributed by atoms with Crippen molar-refractivity contribution in [2.24, 2.45) is 7.05 Å². The molecule has 2 aromatic carbocycles. The van der Waals surface area contributed by atoms with E-state index < -0.39 is 0 Å². The lowest BCUT2D eigenvalue weighted by molar-refractivity contribution is -0.120. The Kier molecular flexibility index (Phi) is 6.49. The van der Waals surface area contributed by atoms with Gasteiger partial charge in [0.2, 0.25) is 5.91 Å². The topological polar surface area (TPSA) is 69.0 Å². The summed E-state index contributed by atoms with van der Waals surface area (Å²) >= 11 is 6.18. The van der Waals surface area contributed by atoms with Crippen molar-refractivity contribution in [2.45, 2.75) is 32.9 Å². The molecule has 3 rings (SSSR count). The molecule has 0 fully saturated rings. The van der Waals surface area contributed by atoms with Crippen LogP contribution in [0.4, 0.5) is 4.39 Å². The van der Waals surface area contributed by atoms with Crippen molar-refractivity contribution in [1.29, 1.82) is 0 Å². The Balaban J connectivity index is 1.69. The molecule has 1 aromatic heterocycles. The van der Waals surface area contributed by atoms with Crippen molar-refractivity contribution in [2.75, 3.05) is 0 Å². The van der Waals surface area contributed by atoms with E-state index >= 15 is 0 Å². The summed E-state index contributed by atoms with van der Waals surface area (Å²) in [6.07, 6.45) is 0.0404. The van der Waals surface area contributed by atoms with Gasteiger partial charge < -0.3 is 10.1 Å². The maximum Gasteiger partial charge on any atom is 0.227 e. The molecule has 1 N–H and O–H groups in total. The number of hydrogen-bond donors (Lipinski definition) is 1. The molecule has 0 aliphatic heterocycles. The predicted molar refractivity (Wildman–Crippen MR) is 109 cm³/mol. The molecule has 3 aromatic rings. The molecule has 6 nitrogen and oxygen atoms in total. The fourth-order valence-corrected chi connectivity index (χ4v) is 2.90. The van der Waals surface area contributed by atoms with Crippen molar-refractivity contribution < 1.29 is 13.9 Å². The zero-order valence-electron chi connectivity index (χ0n) is 16.4. The minimum absolute atomic E-state index is 0.0169. The first kappa shape index (κ1) is 20.8. The number of hydrogen-bond acceptors (Lipinski definition) is 4. The Morgan fingerprint density at radius 3 is 2.79 bits per heavy atom. The fourth-order valence-electron chi connectivity index (χ4n) is 2.73. The van der Waals surface area contributed by atoms with Gasteiger partial charge in [0.25, 0.3) is 0 Å². The quantitative estimate of drug-likeness (QED) is 0.633. The third kappa shape index (κ3) is 5.54. The number of carbonyl (C=O) groups is 1. The largest absolute Gasteiger partial charge is 0.489 e. The Morgan fingerprint density at radius 1 is 1.28 bits per heavy atom. The fraction of sp³-hybridized carbons (Fsp3) is 0.286. The molecular weight excluding hydrogens is 395 g/mol. The predicted octanol–water partition coefficient (Wildman–Crippen LogP) is 3.92. The summed E-state index contributed by atoms with van der Waals surface area (Å²) in [5.41, 5.74) is 1.43. The molecule has 152 valence electrons. The minimum Gasteiger partial charge on any atom is -0.489 e. The zero-order chi connectivity index (χ0) is 21.0. The van der Waals surface area contributed by atoms with Crippen LogP contribution in [-0.2, 0) is 24.8 Å². The van der Waals surface area contributed by atoms with Crippen molar-refractivity contribution in [3.05, 3.63) is 64.7 Å². The normalized spacial score (nSPS) is 11.0. The van der Waals surface area contributed by atoms with Crippen LogP contribution in [0.3, 0.4) is 0 Å². The van der Waals surface area contributed by atoms with Crippen LogP contribution < -0.4 is 10.1 Å². The number of benzene rings is 2. The first-order valence-corrected chi connectivity index (χ1v) is 9.57. The highest BCUT2D eigenvalue weighted by molar-refractivity contribution is 6.32. The number of aromatic nitrogens is 3. The van der Waals surface area contributed by atoms with Crippen molar-refractivity contribution in [3.63, 3.8) is 0 Å². The Labute approximate surface area is 173 Å². The number of rotatable bonds is 7. The van der Waals surface area contributed by atoms with E-state index in [-0.39, 0.29) is 30.8 Å². The van der Waals surface area contributed by atoms with E-state index in [0.29, 0.717) is 28.0 Å². The highest BCUT2D eigenvalue weighted by Gasteiger charge is 2.15. The molecular formula is C21H22ClFN4O2. The van der Waals surface area contributed by atoms with Crippen LogP contribution in [0, 0.1) is 5.82 Å². The summed E-state index contributed by atoms with van der Waals surface area (Å²) in [5.74, 6) is 0.986. The Bertz CT molecular complexity index is 1020. The molecule has 0 bridgehead atoms. The monoisotopic (exact) mass is 416 g/mol. The molecule has 0 radical (unpaired) electrons. The van der Waals surface area contributed by atoms with Gasteiger partial charge >= 0.3 is 0 Å². The van der Waals surface area contributed by atoms with Crippen LogP contribution in [0.1, 0.15) is 25.2 Å². The molecule has 1 amide bonds. The number of carbonyl (C=O) groups excluding carboxylic acids is 1. The van der Waals surface area contributed by atoms with Crippen LogP contribution in [-0.4, -0.2) is 26.8 Å². The highest BCUT2D eigenvalue weighted by atomic mass is 35.5. The van der Waals surface area contributed by atoms with E-state index in [1.54, 1.807) is 42.1 Å². The number of nitrogens with zero attached hydrogens (tertiary/aromatic N) is 3. The molecule has 0 atom stereocenters. The minimum atomic E-state index is -0.335. The average molecular weight is 417 g/mol. The summed E-state index contributed by atoms with van der Waals surface area (Å²) in [6.45, 7) is 4.08. The number of aryl methyl sites for hydroxylation is 1. The number of nitrogens with one attached hydrogen (secondary N) is 1. The third-order valence-corrected chi connectivity index (χ3v) is 4.41. The van der Waals surface area contributed by atoms with E-state index in [1.807, 2.05) is 13.8 Å². The van der Waals surface area contributed by atoms with E-state index in [9.17, 15) is 9.18 Å². The number of ether oxygens (including phenoxy) is 1. The van der Waals surface area contributed by atoms with Gasteiger partial charge in [0.15, 0.2) is 5.82 Å². The molecule has 0 spiro atoms. The van der Waals surface area contributed by atoms with Crippen molar-refractivity contribution >= 4 is 17.5 Å². The van der Waals surface area contributed by atoms with Gasteiger partial charge in [-0.25, -0.2) is 9.37 Å². The van der Waals surface area contributed by atoms with E-state index in [4.69, 9.17) is 16.3 Å². The summed E-state index contributed by atoms with van der Waals surface area (Å²) in [7, 11) is 1.73. The van der Waals surface area contributed by atoms with E-state index in [0.717, 1.165) is 5.56 Å². The second-order valence-electron chi connectivity index (χ2n) is 6.87. The molecule has 0 aliphatic carbocycles. The SMILES string of the molecule is CC(C)Oc1cc(-c2nc(CC(=O)NCc3cccc(F)c3)n(C)n2)ccc1Cl. The third-order valence-electron chi connectivity index (χ3n) is 4.10. The lowest BCUT2D eigenvalue weighted by Gasteiger charge is -2.11. The molecule has 0 saturated heterocycles. The van der Waals surface area contributed by atoms with Crippen LogP contribution in [0.2, 0.25) is 5.02 Å². The average Bonchev–Trinajstić information content (AvgIpc) is 3.02. The van der Waals surface area contributed by atoms with Gasteiger partial charge in [0, 0.05) is 19.2 Å². The molecule has 0 aliphatic rings. The van der Waals surface area contributed by atoms with Gasteiger partial charge in [-0.3, -0.25) is 9.48 Å². The van der Waals surface area contributed by atoms with E-state index in [2.05, 4.69) is 15.4 Å². The maximum atomic E-state index is 13.2. The second-order valence-corrected chi connectivity index (χ2v) is 7.28. The van der Waals surface area contributed by atoms with Gasteiger partial charge in [-0.1, -0.05) is 23.7 Å². The molecule has 0 saturated carbocycles. The molecule has 29 heavy (non-hydrogen) atoms. The van der Waals surface area contributed by atoms with Crippen molar-refractivity contribution in [3.8, 4) is 17.1 Å². The van der Waals surface area contributed by atoms with Gasteiger partial charge in [-0.15, -0.1) is 0 Å². The second kappa shape index (κ2) is 9.05. The standard InChI is InChI=1S/C21H22ClFN4O2/c1-13(2)29-18-10-15(7-8-17(18)22)21-25-19(27(3)26-21)11-20(28)24-12-14-5-4-6-16(23)9-14/h4-10,13H,11-12H2,1-3H3,(H,24,28). The van der Waals surface area contributed by atoms with Crippen molar-refractivity contribution in [1.82, 2.24) is 20.1 Å². The van der Waals surface area contributed by atoms with E-state index in [1.165, 1.54) is 12.1 Å². The van der Waals surface area contributed by atoms with Gasteiger partial charge in [-0.2, -0.15) is 5.10 Å². The van der Waals surface area contributed by atoms with Crippen LogP contribution >= 0.6 is 11.6 Å². The first-order valence-electron chi connectivity index (χ1n) is 9.19. The summed E-state index contributed by atoms with van der Waals surface area (Å²) < 4.78 is 20.5. The van der Waals surface area contributed by atoms with Gasteiger partial charge in [0.05, 0.1) is 17.5 Å². The lowest BCUT2D eigenvalue weighted by Crippen LogP contribution is -2.25. The lowest BCUT2D eigenvalue weighted by atomic mass is 10.2. The van der Waals surface area contributed by atoms with Gasteiger partial charge in [-0.05, 0) is 49.7 Å². The summed E-state index contributed by atoms with van der Waals surface area (Å²) in [4.78, 5) is 16.7. The first-order chi connectivity index (χ1) is 13.8. The smallest absolute Gasteiger partial charge is 0.227 e. The zero-order valence-corrected chi connectivity index (χ0v) is 17.2. The highest BCUT2D eigenvalue weighted by Crippen LogP contribution is 2.30. The molecule has 8 heteroatoms. The Morgan fingerprint density at radius 2 is 2.07 bits per heavy atom. The summed E-state index contributed by atoms with van der Waals surface area (Å²) in [5, 5.41) is 7.67. The Hall–Kier alpha value is -2.93. The number of halogens is 2. The van der Waals surface area contributed by atoms with Crippen LogP contribution in [0.25, 0.3) is 11.4 Å². The van der Waals surface area contributed by atoms with Crippen LogP contribution in [0.15, 0.2) is 42.5 Å². The molecule has 0 unspecified atom stereocenters. The molecule has 1 heterocycles.